The lowest BCUT2D eigenvalue weighted by molar-refractivity contribution is -0.458. The van der Waals surface area contributed by atoms with Crippen molar-refractivity contribution in [1.29, 1.82) is 0 Å². The van der Waals surface area contributed by atoms with Crippen LogP contribution >= 0.6 is 0 Å². The molecule has 0 unspecified atom stereocenters. The minimum absolute atomic E-state index is 0.321. The molecule has 2 heterocycles. The molecule has 0 aromatic carbocycles. The van der Waals surface area contributed by atoms with E-state index in [4.69, 9.17) is 0 Å². The van der Waals surface area contributed by atoms with Gasteiger partial charge in [0.05, 0.1) is 5.69 Å². The maximum atomic E-state index is 13.1. The van der Waals surface area contributed by atoms with Crippen LogP contribution in [-0.2, 0) is 6.18 Å². The highest BCUT2D eigenvalue weighted by Gasteiger charge is 2.35. The lowest BCUT2D eigenvalue weighted by Crippen LogP contribution is -2.14. The van der Waals surface area contributed by atoms with E-state index in [1.54, 1.807) is 68.4 Å². The zero-order valence-corrected chi connectivity index (χ0v) is 13.9. The first-order chi connectivity index (χ1) is 11.2. The van der Waals surface area contributed by atoms with Gasteiger partial charge in [0.1, 0.15) is 19.8 Å². The van der Waals surface area contributed by atoms with E-state index in [1.807, 2.05) is 0 Å². The number of alkyl halides is 3. The normalized spacial score (nSPS) is 12.2. The number of aromatic nitrogens is 3. The average Bonchev–Trinajstić information content (AvgIpc) is 2.91. The van der Waals surface area contributed by atoms with Gasteiger partial charge >= 0.3 is 6.18 Å². The third kappa shape index (κ3) is 4.21. The first kappa shape index (κ1) is 17.7. The van der Waals surface area contributed by atoms with Gasteiger partial charge in [0.2, 0.25) is 0 Å². The van der Waals surface area contributed by atoms with Crippen molar-refractivity contribution in [3.05, 3.63) is 42.5 Å². The Kier molecular flexibility index (Phi) is 5.06. The summed E-state index contributed by atoms with van der Waals surface area (Å²) in [6, 6.07) is 4.40. The van der Waals surface area contributed by atoms with E-state index in [0.29, 0.717) is 17.0 Å². The van der Waals surface area contributed by atoms with Gasteiger partial charge in [-0.15, -0.1) is 0 Å². The fourth-order valence-electron chi connectivity index (χ4n) is 2.11. The van der Waals surface area contributed by atoms with Gasteiger partial charge in [-0.2, -0.15) is 18.3 Å². The van der Waals surface area contributed by atoms with Crippen molar-refractivity contribution in [2.24, 2.45) is 0 Å². The van der Waals surface area contributed by atoms with Gasteiger partial charge in [-0.3, -0.25) is 4.98 Å². The molecule has 0 saturated heterocycles. The van der Waals surface area contributed by atoms with Crippen LogP contribution in [-0.4, -0.2) is 58.6 Å². The highest BCUT2D eigenvalue weighted by Crippen LogP contribution is 2.32. The van der Waals surface area contributed by atoms with Gasteiger partial charge in [-0.1, -0.05) is 0 Å². The zero-order chi connectivity index (χ0) is 17.9. The minimum atomic E-state index is -4.52. The SMILES string of the molecule is CN(C)/C=C(/C=[N+](C)C)n1nc(C(F)(F)F)cc1-c1cccnc1. The number of halogens is 3. The Balaban J connectivity index is 2.71. The summed E-state index contributed by atoms with van der Waals surface area (Å²) in [6.45, 7) is 0. The molecule has 0 amide bonds. The fourth-order valence-corrected chi connectivity index (χ4v) is 2.11. The van der Waals surface area contributed by atoms with Crippen molar-refractivity contribution in [3.8, 4) is 11.3 Å². The molecule has 0 N–H and O–H groups in total. The van der Waals surface area contributed by atoms with E-state index < -0.39 is 11.9 Å². The van der Waals surface area contributed by atoms with Crippen LogP contribution in [0.5, 0.6) is 0 Å². The Labute approximate surface area is 138 Å². The second-order valence-electron chi connectivity index (χ2n) is 5.68. The molecule has 0 radical (unpaired) electrons. The van der Waals surface area contributed by atoms with Crippen molar-refractivity contribution in [2.45, 2.75) is 6.18 Å². The van der Waals surface area contributed by atoms with E-state index in [9.17, 15) is 13.2 Å². The van der Waals surface area contributed by atoms with Gasteiger partial charge in [-0.05, 0) is 18.2 Å². The summed E-state index contributed by atoms with van der Waals surface area (Å²) in [4.78, 5) is 5.73. The Hall–Kier alpha value is -2.64. The fraction of sp³-hybridized carbons (Fsp3) is 0.312. The quantitative estimate of drug-likeness (QED) is 0.635. The molecule has 0 aliphatic heterocycles. The lowest BCUT2D eigenvalue weighted by Gasteiger charge is -2.11. The van der Waals surface area contributed by atoms with E-state index in [1.165, 1.54) is 10.9 Å². The average molecular weight is 338 g/mol. The number of hydrogen-bond donors (Lipinski definition) is 0. The second-order valence-corrected chi connectivity index (χ2v) is 5.68. The predicted octanol–water partition coefficient (Wildman–Crippen LogP) is 2.67. The van der Waals surface area contributed by atoms with Crippen molar-refractivity contribution in [1.82, 2.24) is 19.7 Å². The third-order valence-corrected chi connectivity index (χ3v) is 2.98. The molecule has 0 spiro atoms. The first-order valence-corrected chi connectivity index (χ1v) is 7.16. The van der Waals surface area contributed by atoms with Crippen LogP contribution < -0.4 is 0 Å². The highest BCUT2D eigenvalue weighted by molar-refractivity contribution is 6.00. The topological polar surface area (TPSA) is 37.0 Å². The molecular weight excluding hydrogens is 319 g/mol. The molecule has 0 fully saturated rings. The second kappa shape index (κ2) is 6.86. The molecule has 2 rings (SSSR count). The number of hydrogen-bond acceptors (Lipinski definition) is 3. The monoisotopic (exact) mass is 338 g/mol. The summed E-state index contributed by atoms with van der Waals surface area (Å²) in [6.07, 6.45) is 1.96. The molecule has 24 heavy (non-hydrogen) atoms. The summed E-state index contributed by atoms with van der Waals surface area (Å²) in [7, 11) is 7.17. The Morgan fingerprint density at radius 2 is 2.00 bits per heavy atom. The van der Waals surface area contributed by atoms with Gasteiger partial charge in [0.25, 0.3) is 0 Å². The summed E-state index contributed by atoms with van der Waals surface area (Å²) in [5.74, 6) is 0. The van der Waals surface area contributed by atoms with Gasteiger partial charge < -0.3 is 4.90 Å². The van der Waals surface area contributed by atoms with E-state index in [0.717, 1.165) is 6.07 Å². The summed E-state index contributed by atoms with van der Waals surface area (Å²) < 4.78 is 42.5. The molecule has 0 atom stereocenters. The van der Waals surface area contributed by atoms with Crippen molar-refractivity contribution in [2.75, 3.05) is 28.2 Å². The van der Waals surface area contributed by atoms with Crippen LogP contribution in [0.15, 0.2) is 36.8 Å². The van der Waals surface area contributed by atoms with Crippen LogP contribution in [0.1, 0.15) is 5.69 Å². The molecule has 5 nitrogen and oxygen atoms in total. The summed E-state index contributed by atoms with van der Waals surface area (Å²) in [5.41, 5.74) is 0.427. The van der Waals surface area contributed by atoms with Gasteiger partial charge in [0, 0.05) is 38.3 Å². The van der Waals surface area contributed by atoms with Crippen LogP contribution in [0.3, 0.4) is 0 Å². The molecule has 8 heteroatoms. The van der Waals surface area contributed by atoms with Gasteiger partial charge in [0.15, 0.2) is 11.9 Å². The molecule has 2 aromatic rings. The standard InChI is InChI=1S/C16H19F3N5/c1-22(2)10-13(11-23(3)4)24-14(12-6-5-7-20-9-12)8-15(21-24)16(17,18)19/h5-11H,1-4H3/q+1. The molecule has 0 bridgehead atoms. The minimum Gasteiger partial charge on any atom is -0.382 e. The summed E-state index contributed by atoms with van der Waals surface area (Å²) in [5, 5.41) is 3.78. The van der Waals surface area contributed by atoms with Crippen LogP contribution in [0, 0.1) is 0 Å². The highest BCUT2D eigenvalue weighted by atomic mass is 19.4. The third-order valence-electron chi connectivity index (χ3n) is 2.98. The van der Waals surface area contributed by atoms with Crippen LogP contribution in [0.2, 0.25) is 0 Å². The number of rotatable bonds is 4. The maximum Gasteiger partial charge on any atom is 0.435 e. The number of allylic oxidation sites excluding steroid dienone is 1. The Bertz CT molecular complexity index is 754. The summed E-state index contributed by atoms with van der Waals surface area (Å²) >= 11 is 0. The Morgan fingerprint density at radius 1 is 1.29 bits per heavy atom. The van der Waals surface area contributed by atoms with E-state index >= 15 is 0 Å². The molecule has 128 valence electrons. The van der Waals surface area contributed by atoms with E-state index in [-0.39, 0.29) is 0 Å². The molecule has 0 aliphatic carbocycles. The first-order valence-electron chi connectivity index (χ1n) is 7.16. The molecule has 2 aromatic heterocycles. The molecule has 0 aliphatic rings. The Morgan fingerprint density at radius 3 is 2.50 bits per heavy atom. The largest absolute Gasteiger partial charge is 0.435 e. The van der Waals surface area contributed by atoms with Crippen LogP contribution in [0.25, 0.3) is 17.0 Å². The maximum absolute atomic E-state index is 13.1. The smallest absolute Gasteiger partial charge is 0.382 e. The predicted molar refractivity (Wildman–Crippen MR) is 86.6 cm³/mol. The van der Waals surface area contributed by atoms with Crippen molar-refractivity contribution >= 4 is 11.9 Å². The van der Waals surface area contributed by atoms with Crippen LogP contribution in [0.4, 0.5) is 13.2 Å². The zero-order valence-electron chi connectivity index (χ0n) is 13.9. The molecule has 0 saturated carbocycles. The van der Waals surface area contributed by atoms with Crippen molar-refractivity contribution < 1.29 is 17.7 Å². The van der Waals surface area contributed by atoms with E-state index in [2.05, 4.69) is 10.1 Å². The molecular formula is C16H19F3N5+. The number of nitrogens with zero attached hydrogens (tertiary/aromatic N) is 5. The van der Waals surface area contributed by atoms with Crippen molar-refractivity contribution in [3.63, 3.8) is 0 Å². The number of pyridine rings is 1. The lowest BCUT2D eigenvalue weighted by atomic mass is 10.2. The van der Waals surface area contributed by atoms with Gasteiger partial charge in [-0.25, -0.2) is 9.26 Å².